The molecule has 32 heavy (non-hydrogen) atoms. The first-order valence-electron chi connectivity index (χ1n) is 9.43. The van der Waals surface area contributed by atoms with Crippen LogP contribution in [0, 0.1) is 0 Å². The van der Waals surface area contributed by atoms with Crippen LogP contribution in [-0.2, 0) is 6.54 Å². The summed E-state index contributed by atoms with van der Waals surface area (Å²) in [5, 5.41) is 2.75. The van der Waals surface area contributed by atoms with Crippen LogP contribution in [0.15, 0.2) is 64.7 Å². The minimum atomic E-state index is -4.79. The summed E-state index contributed by atoms with van der Waals surface area (Å²) in [7, 11) is 0. The van der Waals surface area contributed by atoms with Crippen LogP contribution in [-0.4, -0.2) is 27.6 Å². The maximum atomic E-state index is 13.0. The molecule has 4 rings (SSSR count). The van der Waals surface area contributed by atoms with Gasteiger partial charge in [-0.05, 0) is 29.8 Å². The van der Waals surface area contributed by atoms with Crippen molar-refractivity contribution in [2.24, 2.45) is 5.73 Å². The van der Waals surface area contributed by atoms with E-state index in [0.717, 1.165) is 0 Å². The molecule has 11 heteroatoms. The molecule has 0 radical (unpaired) electrons. The van der Waals surface area contributed by atoms with E-state index in [9.17, 15) is 22.8 Å². The first-order chi connectivity index (χ1) is 15.2. The summed E-state index contributed by atoms with van der Waals surface area (Å²) in [6.45, 7) is 0.0446. The number of hydrogen-bond acceptors (Lipinski definition) is 6. The third kappa shape index (κ3) is 4.78. The number of nitrogens with two attached hydrogens (primary N) is 1. The largest absolute Gasteiger partial charge is 0.573 e. The van der Waals surface area contributed by atoms with Gasteiger partial charge in [-0.3, -0.25) is 14.6 Å². The molecule has 0 saturated carbocycles. The SMILES string of the molecule is N[C@H]1CSc2c(C(=O)Nc3cccnc3)cn(Cc3ccc(OC(F)(F)F)cc3)c(=O)c21. The van der Waals surface area contributed by atoms with Crippen molar-refractivity contribution >= 4 is 23.4 Å². The number of hydrogen-bond donors (Lipinski definition) is 2. The van der Waals surface area contributed by atoms with Gasteiger partial charge in [-0.15, -0.1) is 24.9 Å². The average molecular weight is 462 g/mol. The van der Waals surface area contributed by atoms with Gasteiger partial charge < -0.3 is 20.4 Å². The molecule has 0 aliphatic carbocycles. The van der Waals surface area contributed by atoms with E-state index in [2.05, 4.69) is 15.0 Å². The van der Waals surface area contributed by atoms with Crippen molar-refractivity contribution in [2.45, 2.75) is 23.8 Å². The maximum absolute atomic E-state index is 13.0. The number of thioether (sulfide) groups is 1. The molecule has 1 aromatic carbocycles. The number of fused-ring (bicyclic) bond motifs is 1. The number of pyridine rings is 2. The minimum absolute atomic E-state index is 0.0446. The number of halogens is 3. The van der Waals surface area contributed by atoms with Crippen LogP contribution in [0.3, 0.4) is 0 Å². The first kappa shape index (κ1) is 21.9. The highest BCUT2D eigenvalue weighted by Crippen LogP contribution is 2.37. The molecule has 1 aliphatic heterocycles. The zero-order valence-corrected chi connectivity index (χ0v) is 17.2. The van der Waals surface area contributed by atoms with Crippen LogP contribution in [0.4, 0.5) is 18.9 Å². The van der Waals surface area contributed by atoms with Gasteiger partial charge in [0.2, 0.25) is 0 Å². The average Bonchev–Trinajstić information content (AvgIpc) is 3.13. The molecule has 0 fully saturated rings. The number of benzene rings is 1. The Labute approximate surface area is 184 Å². The van der Waals surface area contributed by atoms with Gasteiger partial charge >= 0.3 is 6.36 Å². The molecule has 1 atom stereocenters. The Bertz CT molecular complexity index is 1200. The molecule has 1 aliphatic rings. The number of amides is 1. The maximum Gasteiger partial charge on any atom is 0.573 e. The lowest BCUT2D eigenvalue weighted by atomic mass is 10.1. The summed E-state index contributed by atoms with van der Waals surface area (Å²) in [4.78, 5) is 30.5. The zero-order chi connectivity index (χ0) is 22.9. The summed E-state index contributed by atoms with van der Waals surface area (Å²) in [6.07, 6.45) is -0.272. The van der Waals surface area contributed by atoms with Crippen molar-refractivity contribution in [1.29, 1.82) is 0 Å². The van der Waals surface area contributed by atoms with Gasteiger partial charge in [-0.1, -0.05) is 12.1 Å². The van der Waals surface area contributed by atoms with E-state index in [1.54, 1.807) is 18.3 Å². The number of nitrogens with zero attached hydrogens (tertiary/aromatic N) is 2. The molecule has 0 spiro atoms. The number of carbonyl (C=O) groups excluding carboxylic acids is 1. The Hall–Kier alpha value is -3.31. The molecule has 0 saturated heterocycles. The van der Waals surface area contributed by atoms with Crippen LogP contribution >= 0.6 is 11.8 Å². The molecular weight excluding hydrogens is 445 g/mol. The number of ether oxygens (including phenoxy) is 1. The Balaban J connectivity index is 1.65. The van der Waals surface area contributed by atoms with Crippen molar-refractivity contribution in [2.75, 3.05) is 11.1 Å². The number of alkyl halides is 3. The Morgan fingerprint density at radius 1 is 1.28 bits per heavy atom. The third-order valence-corrected chi connectivity index (χ3v) is 5.97. The molecule has 1 amide bonds. The standard InChI is InChI=1S/C21H17F3N4O3S/c22-21(23,24)31-14-5-3-12(4-6-14)9-28-10-15(18-17(20(28)30)16(25)11-32-18)19(29)27-13-2-1-7-26-8-13/h1-8,10,16H,9,11,25H2,(H,27,29)/t16-/m0/s1. The molecule has 0 unspecified atom stereocenters. The van der Waals surface area contributed by atoms with E-state index >= 15 is 0 Å². The van der Waals surface area contributed by atoms with Crippen molar-refractivity contribution in [3.8, 4) is 5.75 Å². The lowest BCUT2D eigenvalue weighted by molar-refractivity contribution is -0.274. The van der Waals surface area contributed by atoms with Crippen LogP contribution in [0.2, 0.25) is 0 Å². The third-order valence-electron chi connectivity index (χ3n) is 4.72. The molecule has 3 aromatic rings. The highest BCUT2D eigenvalue weighted by Gasteiger charge is 2.31. The highest BCUT2D eigenvalue weighted by molar-refractivity contribution is 7.99. The summed E-state index contributed by atoms with van der Waals surface area (Å²) in [5.41, 5.74) is 7.46. The molecule has 3 heterocycles. The normalized spacial score (nSPS) is 15.3. The summed E-state index contributed by atoms with van der Waals surface area (Å²) in [6, 6.07) is 8.01. The molecule has 166 valence electrons. The molecule has 0 bridgehead atoms. The Morgan fingerprint density at radius 2 is 2.03 bits per heavy atom. The van der Waals surface area contributed by atoms with Gasteiger partial charge in [-0.25, -0.2) is 0 Å². The lowest BCUT2D eigenvalue weighted by Crippen LogP contribution is -2.30. The van der Waals surface area contributed by atoms with Crippen molar-refractivity contribution in [3.63, 3.8) is 0 Å². The number of rotatable bonds is 5. The second-order valence-electron chi connectivity index (χ2n) is 7.02. The predicted octanol–water partition coefficient (Wildman–Crippen LogP) is 3.55. The Morgan fingerprint density at radius 3 is 2.69 bits per heavy atom. The van der Waals surface area contributed by atoms with Crippen LogP contribution in [0.1, 0.15) is 27.5 Å². The van der Waals surface area contributed by atoms with E-state index in [1.807, 2.05) is 0 Å². The van der Waals surface area contributed by atoms with E-state index in [1.165, 1.54) is 53.0 Å². The van der Waals surface area contributed by atoms with Gasteiger partial charge in [-0.2, -0.15) is 0 Å². The quantitative estimate of drug-likeness (QED) is 0.602. The number of carbonyl (C=O) groups is 1. The highest BCUT2D eigenvalue weighted by atomic mass is 32.2. The van der Waals surface area contributed by atoms with E-state index in [-0.39, 0.29) is 17.9 Å². The van der Waals surface area contributed by atoms with Crippen molar-refractivity contribution in [3.05, 3.63) is 82.0 Å². The summed E-state index contributed by atoms with van der Waals surface area (Å²) >= 11 is 1.34. The van der Waals surface area contributed by atoms with Crippen molar-refractivity contribution in [1.82, 2.24) is 9.55 Å². The number of aromatic nitrogens is 2. The van der Waals surface area contributed by atoms with Gasteiger partial charge in [0.15, 0.2) is 0 Å². The topological polar surface area (TPSA) is 99.2 Å². The second kappa shape index (κ2) is 8.67. The molecule has 3 N–H and O–H groups in total. The number of anilines is 1. The second-order valence-corrected chi connectivity index (χ2v) is 8.05. The van der Waals surface area contributed by atoms with Gasteiger partial charge in [0.05, 0.1) is 24.0 Å². The smallest absolute Gasteiger partial charge is 0.406 e. The fraction of sp³-hybridized carbons (Fsp3) is 0.190. The van der Waals surface area contributed by atoms with E-state index < -0.39 is 18.3 Å². The predicted molar refractivity (Wildman–Crippen MR) is 113 cm³/mol. The molecular formula is C21H17F3N4O3S. The molecule has 2 aromatic heterocycles. The molecule has 7 nitrogen and oxygen atoms in total. The minimum Gasteiger partial charge on any atom is -0.406 e. The van der Waals surface area contributed by atoms with E-state index in [4.69, 9.17) is 5.73 Å². The Kier molecular flexibility index (Phi) is 5.94. The summed E-state index contributed by atoms with van der Waals surface area (Å²) < 4.78 is 42.3. The fourth-order valence-electron chi connectivity index (χ4n) is 3.32. The summed E-state index contributed by atoms with van der Waals surface area (Å²) in [5.74, 6) is -0.318. The fourth-order valence-corrected chi connectivity index (χ4v) is 4.52. The van der Waals surface area contributed by atoms with Gasteiger partial charge in [0.1, 0.15) is 5.75 Å². The van der Waals surface area contributed by atoms with Crippen molar-refractivity contribution < 1.29 is 22.7 Å². The number of nitrogens with one attached hydrogen (secondary N) is 1. The van der Waals surface area contributed by atoms with E-state index in [0.29, 0.717) is 33.0 Å². The zero-order valence-electron chi connectivity index (χ0n) is 16.4. The monoisotopic (exact) mass is 462 g/mol. The first-order valence-corrected chi connectivity index (χ1v) is 10.4. The van der Waals surface area contributed by atoms with Crippen LogP contribution in [0.25, 0.3) is 0 Å². The van der Waals surface area contributed by atoms with Crippen LogP contribution < -0.4 is 21.3 Å². The van der Waals surface area contributed by atoms with Gasteiger partial charge in [0.25, 0.3) is 11.5 Å². The lowest BCUT2D eigenvalue weighted by Gasteiger charge is -2.15. The van der Waals surface area contributed by atoms with Gasteiger partial charge in [0, 0.05) is 34.6 Å². The van der Waals surface area contributed by atoms with Crippen LogP contribution in [0.5, 0.6) is 5.75 Å².